The minimum Gasteiger partial charge on any atom is -0.383 e. The summed E-state index contributed by atoms with van der Waals surface area (Å²) in [6.45, 7) is 11.5. The van der Waals surface area contributed by atoms with Crippen LogP contribution in [0.4, 0.5) is 10.9 Å². The average molecular weight is 426 g/mol. The van der Waals surface area contributed by atoms with Gasteiger partial charge in [-0.05, 0) is 19.9 Å². The maximum atomic E-state index is 6.37. The molecule has 28 heavy (non-hydrogen) atoms. The first-order valence-corrected chi connectivity index (χ1v) is 11.1. The molecule has 2 fully saturated rings. The SMILES string of the molecule is COCCN1CCN(c2nc3c(N4C[C@H](C)OC[C@@H]4C)nc(Cl)cc3s2)CC1. The molecule has 0 radical (unpaired) electrons. The molecule has 0 amide bonds. The molecule has 7 nitrogen and oxygen atoms in total. The summed E-state index contributed by atoms with van der Waals surface area (Å²) in [7, 11) is 1.75. The van der Waals surface area contributed by atoms with Gasteiger partial charge in [-0.25, -0.2) is 9.97 Å². The molecule has 0 spiro atoms. The number of halogens is 1. The van der Waals surface area contributed by atoms with E-state index < -0.39 is 0 Å². The van der Waals surface area contributed by atoms with E-state index in [1.807, 2.05) is 6.07 Å². The molecule has 0 aliphatic carbocycles. The average Bonchev–Trinajstić information content (AvgIpc) is 3.12. The van der Waals surface area contributed by atoms with Gasteiger partial charge in [-0.1, -0.05) is 22.9 Å². The van der Waals surface area contributed by atoms with Crippen molar-refractivity contribution in [2.75, 3.05) is 69.4 Å². The normalized spacial score (nSPS) is 24.3. The summed E-state index contributed by atoms with van der Waals surface area (Å²) in [6, 6.07) is 2.19. The molecule has 0 bridgehead atoms. The Kier molecular flexibility index (Phi) is 6.22. The first-order chi connectivity index (χ1) is 13.5. The monoisotopic (exact) mass is 425 g/mol. The minimum absolute atomic E-state index is 0.172. The molecule has 2 saturated heterocycles. The maximum absolute atomic E-state index is 6.37. The Morgan fingerprint density at radius 1 is 1.25 bits per heavy atom. The summed E-state index contributed by atoms with van der Waals surface area (Å²) in [4.78, 5) is 16.7. The van der Waals surface area contributed by atoms with Crippen molar-refractivity contribution in [3.05, 3.63) is 11.2 Å². The molecule has 4 rings (SSSR count). The topological polar surface area (TPSA) is 54.0 Å². The maximum Gasteiger partial charge on any atom is 0.186 e. The van der Waals surface area contributed by atoms with Gasteiger partial charge in [0.25, 0.3) is 0 Å². The summed E-state index contributed by atoms with van der Waals surface area (Å²) in [5, 5.41) is 1.58. The van der Waals surface area contributed by atoms with Crippen molar-refractivity contribution in [1.82, 2.24) is 14.9 Å². The lowest BCUT2D eigenvalue weighted by atomic mass is 10.2. The van der Waals surface area contributed by atoms with Gasteiger partial charge in [-0.3, -0.25) is 4.90 Å². The van der Waals surface area contributed by atoms with Gasteiger partial charge in [0, 0.05) is 46.4 Å². The van der Waals surface area contributed by atoms with E-state index >= 15 is 0 Å². The van der Waals surface area contributed by atoms with E-state index in [1.165, 1.54) is 0 Å². The lowest BCUT2D eigenvalue weighted by molar-refractivity contribution is 0.0341. The molecule has 2 aromatic rings. The number of ether oxygens (including phenoxy) is 2. The fourth-order valence-corrected chi connectivity index (χ4v) is 5.09. The number of methoxy groups -OCH3 is 1. The van der Waals surface area contributed by atoms with Crippen molar-refractivity contribution >= 4 is 44.1 Å². The largest absolute Gasteiger partial charge is 0.383 e. The molecule has 2 atom stereocenters. The quantitative estimate of drug-likeness (QED) is 0.682. The van der Waals surface area contributed by atoms with Gasteiger partial charge in [0.05, 0.1) is 30.1 Å². The van der Waals surface area contributed by atoms with Crippen LogP contribution in [0.25, 0.3) is 10.2 Å². The Hall–Kier alpha value is -1.19. The highest BCUT2D eigenvalue weighted by Crippen LogP contribution is 2.37. The Morgan fingerprint density at radius 3 is 2.79 bits per heavy atom. The molecule has 154 valence electrons. The Labute approximate surface area is 175 Å². The van der Waals surface area contributed by atoms with Gasteiger partial charge in [0.2, 0.25) is 0 Å². The van der Waals surface area contributed by atoms with Crippen molar-refractivity contribution in [1.29, 1.82) is 0 Å². The fraction of sp³-hybridized carbons (Fsp3) is 0.684. The first-order valence-electron chi connectivity index (χ1n) is 9.86. The second-order valence-electron chi connectivity index (χ2n) is 7.58. The van der Waals surface area contributed by atoms with Crippen molar-refractivity contribution in [2.45, 2.75) is 26.0 Å². The number of rotatable bonds is 5. The van der Waals surface area contributed by atoms with Crippen LogP contribution in [0, 0.1) is 0 Å². The van der Waals surface area contributed by atoms with E-state index in [9.17, 15) is 0 Å². The third-order valence-electron chi connectivity index (χ3n) is 5.45. The standard InChI is InChI=1S/C19H28ClN5O2S/c1-13-12-27-14(2)11-25(13)18-17-15(10-16(20)21-18)28-19(22-17)24-6-4-23(5-7-24)8-9-26-3/h10,13-14H,4-9,11-12H2,1-3H3/t13-,14-/m0/s1. The predicted octanol–water partition coefficient (Wildman–Crippen LogP) is 2.73. The highest BCUT2D eigenvalue weighted by Gasteiger charge is 2.28. The highest BCUT2D eigenvalue weighted by atomic mass is 35.5. The number of thiazole rings is 1. The molecule has 9 heteroatoms. The molecule has 2 aliphatic heterocycles. The van der Waals surface area contributed by atoms with Crippen LogP contribution in [-0.4, -0.2) is 86.6 Å². The Morgan fingerprint density at radius 2 is 2.04 bits per heavy atom. The minimum atomic E-state index is 0.172. The lowest BCUT2D eigenvalue weighted by Crippen LogP contribution is -2.48. The third kappa shape index (κ3) is 4.21. The van der Waals surface area contributed by atoms with Crippen LogP contribution in [0.3, 0.4) is 0 Å². The first kappa shape index (κ1) is 20.1. The zero-order valence-corrected chi connectivity index (χ0v) is 18.3. The van der Waals surface area contributed by atoms with Gasteiger partial charge in [-0.15, -0.1) is 0 Å². The number of hydrogen-bond acceptors (Lipinski definition) is 8. The van der Waals surface area contributed by atoms with Crippen LogP contribution in [0.1, 0.15) is 13.8 Å². The third-order valence-corrected chi connectivity index (χ3v) is 6.71. The van der Waals surface area contributed by atoms with Crippen molar-refractivity contribution in [2.24, 2.45) is 0 Å². The second-order valence-corrected chi connectivity index (χ2v) is 8.97. The molecule has 0 saturated carbocycles. The Bertz CT molecular complexity index is 811. The Balaban J connectivity index is 1.57. The van der Waals surface area contributed by atoms with Gasteiger partial charge in [-0.2, -0.15) is 0 Å². The van der Waals surface area contributed by atoms with E-state index in [0.717, 1.165) is 67.0 Å². The molecular formula is C19H28ClN5O2S. The van der Waals surface area contributed by atoms with Crippen LogP contribution >= 0.6 is 22.9 Å². The number of fused-ring (bicyclic) bond motifs is 1. The fourth-order valence-electron chi connectivity index (χ4n) is 3.79. The molecule has 0 aromatic carbocycles. The van der Waals surface area contributed by atoms with E-state index in [-0.39, 0.29) is 12.1 Å². The van der Waals surface area contributed by atoms with Gasteiger partial charge in [0.1, 0.15) is 10.7 Å². The van der Waals surface area contributed by atoms with E-state index in [0.29, 0.717) is 11.8 Å². The number of hydrogen-bond donors (Lipinski definition) is 0. The summed E-state index contributed by atoms with van der Waals surface area (Å²) in [6.07, 6.45) is 0.172. The van der Waals surface area contributed by atoms with Crippen molar-refractivity contribution in [3.8, 4) is 0 Å². The zero-order chi connectivity index (χ0) is 19.7. The van der Waals surface area contributed by atoms with Crippen molar-refractivity contribution < 1.29 is 9.47 Å². The van der Waals surface area contributed by atoms with Crippen LogP contribution in [0.15, 0.2) is 6.07 Å². The number of aromatic nitrogens is 2. The molecule has 4 heterocycles. The number of anilines is 2. The van der Waals surface area contributed by atoms with Gasteiger partial charge in [0.15, 0.2) is 10.9 Å². The van der Waals surface area contributed by atoms with Gasteiger partial charge >= 0.3 is 0 Å². The van der Waals surface area contributed by atoms with E-state index in [4.69, 9.17) is 26.1 Å². The molecule has 2 aromatic heterocycles. The van der Waals surface area contributed by atoms with Crippen LogP contribution in [0.2, 0.25) is 5.15 Å². The summed E-state index contributed by atoms with van der Waals surface area (Å²) in [5.41, 5.74) is 0.951. The van der Waals surface area contributed by atoms with E-state index in [1.54, 1.807) is 18.4 Å². The molecule has 0 N–H and O–H groups in total. The smallest absolute Gasteiger partial charge is 0.186 e. The summed E-state index contributed by atoms with van der Waals surface area (Å²) < 4.78 is 12.1. The summed E-state index contributed by atoms with van der Waals surface area (Å²) in [5.74, 6) is 0.881. The van der Waals surface area contributed by atoms with Gasteiger partial charge < -0.3 is 19.3 Å². The number of nitrogens with zero attached hydrogens (tertiary/aromatic N) is 5. The van der Waals surface area contributed by atoms with Crippen molar-refractivity contribution in [3.63, 3.8) is 0 Å². The molecule has 2 aliphatic rings. The van der Waals surface area contributed by atoms with Crippen LogP contribution in [-0.2, 0) is 9.47 Å². The summed E-state index contributed by atoms with van der Waals surface area (Å²) >= 11 is 8.07. The number of morpholine rings is 1. The second kappa shape index (κ2) is 8.67. The number of pyridine rings is 1. The van der Waals surface area contributed by atoms with E-state index in [2.05, 4.69) is 33.5 Å². The zero-order valence-electron chi connectivity index (χ0n) is 16.7. The highest BCUT2D eigenvalue weighted by molar-refractivity contribution is 7.22. The number of piperazine rings is 1. The molecule has 0 unspecified atom stereocenters. The van der Waals surface area contributed by atoms with Crippen LogP contribution < -0.4 is 9.80 Å². The van der Waals surface area contributed by atoms with Crippen LogP contribution in [0.5, 0.6) is 0 Å². The predicted molar refractivity (Wildman–Crippen MR) is 115 cm³/mol. The lowest BCUT2D eigenvalue weighted by Gasteiger charge is -2.37. The molecular weight excluding hydrogens is 398 g/mol.